The molecule has 0 N–H and O–H groups in total. The third-order valence-corrected chi connectivity index (χ3v) is 5.99. The van der Waals surface area contributed by atoms with Crippen molar-refractivity contribution in [2.75, 3.05) is 11.4 Å². The molecule has 5 rings (SSSR count). The van der Waals surface area contributed by atoms with Crippen molar-refractivity contribution in [1.82, 2.24) is 0 Å². The summed E-state index contributed by atoms with van der Waals surface area (Å²) >= 11 is 5.96. The number of carbonyl (C=O) groups excluding carboxylic acids is 2. The summed E-state index contributed by atoms with van der Waals surface area (Å²) in [4.78, 5) is 27.7. The van der Waals surface area contributed by atoms with Crippen LogP contribution in [-0.2, 0) is 25.7 Å². The van der Waals surface area contributed by atoms with E-state index < -0.39 is 29.5 Å². The molecule has 2 aromatic rings. The first-order valence-corrected chi connectivity index (χ1v) is 9.60. The van der Waals surface area contributed by atoms with Gasteiger partial charge in [-0.15, -0.1) is 0 Å². The molecule has 0 radical (unpaired) electrons. The van der Waals surface area contributed by atoms with Crippen molar-refractivity contribution in [2.45, 2.75) is 18.3 Å². The van der Waals surface area contributed by atoms with Gasteiger partial charge in [0.2, 0.25) is 5.91 Å². The second kappa shape index (κ2) is 6.47. The van der Waals surface area contributed by atoms with Crippen molar-refractivity contribution in [2.24, 2.45) is 11.8 Å². The number of esters is 1. The van der Waals surface area contributed by atoms with Crippen molar-refractivity contribution < 1.29 is 19.1 Å². The zero-order valence-corrected chi connectivity index (χ0v) is 15.7. The molecule has 0 saturated carbocycles. The largest absolute Gasteiger partial charge is 0.460 e. The summed E-state index contributed by atoms with van der Waals surface area (Å²) in [6, 6.07) is 16.6. The number of halogens is 1. The van der Waals surface area contributed by atoms with E-state index >= 15 is 0 Å². The number of rotatable bonds is 4. The maximum Gasteiger partial charge on any atom is 0.313 e. The van der Waals surface area contributed by atoms with Crippen LogP contribution in [0.1, 0.15) is 5.56 Å². The minimum Gasteiger partial charge on any atom is -0.460 e. The van der Waals surface area contributed by atoms with Crippen LogP contribution in [0.2, 0.25) is 5.02 Å². The maximum atomic E-state index is 13.2. The Labute approximate surface area is 167 Å². The molecule has 2 unspecified atom stereocenters. The first-order chi connectivity index (χ1) is 13.6. The minimum absolute atomic E-state index is 0.115. The van der Waals surface area contributed by atoms with Gasteiger partial charge >= 0.3 is 5.97 Å². The van der Waals surface area contributed by atoms with Crippen LogP contribution < -0.4 is 4.90 Å². The summed E-state index contributed by atoms with van der Waals surface area (Å²) in [6.07, 6.45) is 3.39. The highest BCUT2D eigenvalue weighted by atomic mass is 35.5. The smallest absolute Gasteiger partial charge is 0.313 e. The third kappa shape index (κ3) is 2.65. The highest BCUT2D eigenvalue weighted by molar-refractivity contribution is 6.30. The van der Waals surface area contributed by atoms with Gasteiger partial charge in [-0.3, -0.25) is 9.59 Å². The van der Waals surface area contributed by atoms with Crippen LogP contribution in [0.15, 0.2) is 66.7 Å². The van der Waals surface area contributed by atoms with E-state index in [4.69, 9.17) is 21.1 Å². The lowest BCUT2D eigenvalue weighted by atomic mass is 9.77. The minimum atomic E-state index is -0.766. The fourth-order valence-electron chi connectivity index (χ4n) is 4.43. The number of fused-ring (bicyclic) bond motifs is 1. The molecule has 2 saturated heterocycles. The van der Waals surface area contributed by atoms with Crippen molar-refractivity contribution in [3.05, 3.63) is 77.3 Å². The van der Waals surface area contributed by atoms with Gasteiger partial charge in [-0.05, 0) is 29.8 Å². The first-order valence-electron chi connectivity index (χ1n) is 9.22. The molecule has 2 fully saturated rings. The summed E-state index contributed by atoms with van der Waals surface area (Å²) < 4.78 is 11.6. The molecule has 28 heavy (non-hydrogen) atoms. The number of anilines is 1. The molecule has 5 nitrogen and oxygen atoms in total. The fraction of sp³-hybridized carbons (Fsp3) is 0.273. The molecule has 3 aliphatic rings. The normalized spacial score (nSPS) is 30.0. The standard InChI is InChI=1S/C22H18ClNO4/c23-15-6-8-16(9-7-15)24-13-22-11-10-17(28-22)18(19(22)20(24)25)21(26)27-12-14-4-2-1-3-5-14/h1-11,17-19H,12-13H2/t17-,18?,19-,22?/m1/s1. The quantitative estimate of drug-likeness (QED) is 0.588. The number of hydrogen-bond donors (Lipinski definition) is 0. The van der Waals surface area contributed by atoms with Crippen molar-refractivity contribution in [3.63, 3.8) is 0 Å². The number of ether oxygens (including phenoxy) is 2. The summed E-state index contributed by atoms with van der Waals surface area (Å²) in [6.45, 7) is 0.564. The average molecular weight is 396 g/mol. The predicted molar refractivity (Wildman–Crippen MR) is 104 cm³/mol. The van der Waals surface area contributed by atoms with Gasteiger partial charge in [0.1, 0.15) is 18.1 Å². The zero-order chi connectivity index (χ0) is 19.3. The molecule has 0 aromatic heterocycles. The van der Waals surface area contributed by atoms with Gasteiger partial charge in [0, 0.05) is 10.7 Å². The number of amides is 1. The summed E-state index contributed by atoms with van der Waals surface area (Å²) in [5.41, 5.74) is 0.887. The molecule has 6 heteroatoms. The number of hydrogen-bond acceptors (Lipinski definition) is 4. The summed E-state index contributed by atoms with van der Waals surface area (Å²) in [5, 5.41) is 0.605. The second-order valence-corrected chi connectivity index (χ2v) is 7.83. The molecular formula is C22H18ClNO4. The molecule has 2 aromatic carbocycles. The Morgan fingerprint density at radius 1 is 1.18 bits per heavy atom. The SMILES string of the molecule is O=C(OCc1ccccc1)C1[C@H]2C=CC3(CN(c4ccc(Cl)cc4)C(=O)[C@@H]13)O2. The van der Waals surface area contributed by atoms with Crippen LogP contribution in [0.25, 0.3) is 0 Å². The van der Waals surface area contributed by atoms with E-state index in [0.29, 0.717) is 11.6 Å². The Morgan fingerprint density at radius 3 is 2.68 bits per heavy atom. The van der Waals surface area contributed by atoms with Gasteiger partial charge in [0.25, 0.3) is 0 Å². The molecule has 142 valence electrons. The molecule has 1 spiro atoms. The molecule has 4 atom stereocenters. The van der Waals surface area contributed by atoms with Gasteiger partial charge in [-0.2, -0.15) is 0 Å². The Morgan fingerprint density at radius 2 is 1.93 bits per heavy atom. The lowest BCUT2D eigenvalue weighted by molar-refractivity contribution is -0.153. The number of carbonyl (C=O) groups is 2. The van der Waals surface area contributed by atoms with E-state index in [-0.39, 0.29) is 12.5 Å². The van der Waals surface area contributed by atoms with Gasteiger partial charge < -0.3 is 14.4 Å². The van der Waals surface area contributed by atoms with Gasteiger partial charge in [-0.1, -0.05) is 54.1 Å². The van der Waals surface area contributed by atoms with Crippen LogP contribution in [-0.4, -0.2) is 30.1 Å². The van der Waals surface area contributed by atoms with E-state index in [2.05, 4.69) is 0 Å². The lowest BCUT2D eigenvalue weighted by Crippen LogP contribution is -2.40. The van der Waals surface area contributed by atoms with Crippen molar-refractivity contribution in [1.29, 1.82) is 0 Å². The van der Waals surface area contributed by atoms with E-state index in [9.17, 15) is 9.59 Å². The van der Waals surface area contributed by atoms with E-state index in [1.54, 1.807) is 29.2 Å². The Kier molecular flexibility index (Phi) is 4.03. The fourth-order valence-corrected chi connectivity index (χ4v) is 4.56. The summed E-state index contributed by atoms with van der Waals surface area (Å²) in [5.74, 6) is -1.70. The molecule has 3 aliphatic heterocycles. The number of nitrogens with zero attached hydrogens (tertiary/aromatic N) is 1. The van der Waals surface area contributed by atoms with E-state index in [0.717, 1.165) is 11.3 Å². The van der Waals surface area contributed by atoms with Crippen LogP contribution in [0.5, 0.6) is 0 Å². The van der Waals surface area contributed by atoms with Crippen LogP contribution in [0, 0.1) is 11.8 Å². The highest BCUT2D eigenvalue weighted by Gasteiger charge is 2.67. The predicted octanol–water partition coefficient (Wildman–Crippen LogP) is 3.37. The van der Waals surface area contributed by atoms with Crippen LogP contribution in [0.3, 0.4) is 0 Å². The maximum absolute atomic E-state index is 13.2. The topological polar surface area (TPSA) is 55.8 Å². The molecular weight excluding hydrogens is 378 g/mol. The molecule has 3 heterocycles. The number of benzene rings is 2. The highest BCUT2D eigenvalue weighted by Crippen LogP contribution is 2.53. The van der Waals surface area contributed by atoms with Crippen LogP contribution in [0.4, 0.5) is 5.69 Å². The lowest BCUT2D eigenvalue weighted by Gasteiger charge is -2.22. The van der Waals surface area contributed by atoms with E-state index in [1.165, 1.54) is 0 Å². The Bertz CT molecular complexity index is 958. The Hall–Kier alpha value is -2.63. The van der Waals surface area contributed by atoms with Crippen molar-refractivity contribution >= 4 is 29.2 Å². The van der Waals surface area contributed by atoms with Crippen LogP contribution >= 0.6 is 11.6 Å². The molecule has 0 aliphatic carbocycles. The monoisotopic (exact) mass is 395 g/mol. The second-order valence-electron chi connectivity index (χ2n) is 7.39. The molecule has 1 amide bonds. The Balaban J connectivity index is 1.38. The third-order valence-electron chi connectivity index (χ3n) is 5.73. The van der Waals surface area contributed by atoms with E-state index in [1.807, 2.05) is 42.5 Å². The van der Waals surface area contributed by atoms with Gasteiger partial charge in [-0.25, -0.2) is 0 Å². The summed E-state index contributed by atoms with van der Waals surface area (Å²) in [7, 11) is 0. The van der Waals surface area contributed by atoms with Gasteiger partial charge in [0.05, 0.1) is 18.6 Å². The van der Waals surface area contributed by atoms with Gasteiger partial charge in [0.15, 0.2) is 0 Å². The van der Waals surface area contributed by atoms with Crippen molar-refractivity contribution in [3.8, 4) is 0 Å². The molecule has 2 bridgehead atoms. The zero-order valence-electron chi connectivity index (χ0n) is 15.0. The first kappa shape index (κ1) is 17.5. The average Bonchev–Trinajstić information content (AvgIpc) is 3.36.